The van der Waals surface area contributed by atoms with Crippen molar-refractivity contribution in [3.63, 3.8) is 0 Å². The van der Waals surface area contributed by atoms with Crippen LogP contribution in [0.5, 0.6) is 5.75 Å². The quantitative estimate of drug-likeness (QED) is 0.717. The summed E-state index contributed by atoms with van der Waals surface area (Å²) in [5, 5.41) is 14.6. The lowest BCUT2D eigenvalue weighted by Crippen LogP contribution is -2.42. The Labute approximate surface area is 120 Å². The zero-order chi connectivity index (χ0) is 15.0. The molecule has 0 aliphatic heterocycles. The van der Waals surface area contributed by atoms with E-state index in [-0.39, 0.29) is 24.7 Å². The molecule has 0 spiro atoms. The standard InChI is InChI=1S/C15H24N2O3/c1-4-14(12-5-7-13(20-3)8-6-12)17-15(19)16-11(2)9-10-18/h5-8,11,14,18H,4,9-10H2,1-3H3,(H2,16,17,19)/t11-,14?/m1/s1. The van der Waals surface area contributed by atoms with Crippen molar-refractivity contribution < 1.29 is 14.6 Å². The van der Waals surface area contributed by atoms with Crippen molar-refractivity contribution in [2.75, 3.05) is 13.7 Å². The highest BCUT2D eigenvalue weighted by Gasteiger charge is 2.14. The zero-order valence-corrected chi connectivity index (χ0v) is 12.3. The number of methoxy groups -OCH3 is 1. The van der Waals surface area contributed by atoms with Crippen molar-refractivity contribution in [3.05, 3.63) is 29.8 Å². The third-order valence-electron chi connectivity index (χ3n) is 3.17. The minimum atomic E-state index is -0.214. The molecule has 1 aromatic rings. The Kier molecular flexibility index (Phi) is 6.87. The summed E-state index contributed by atoms with van der Waals surface area (Å²) in [6.07, 6.45) is 1.35. The molecule has 0 fully saturated rings. The maximum atomic E-state index is 11.9. The molecule has 1 unspecified atom stereocenters. The highest BCUT2D eigenvalue weighted by atomic mass is 16.5. The van der Waals surface area contributed by atoms with Gasteiger partial charge >= 0.3 is 6.03 Å². The van der Waals surface area contributed by atoms with Crippen LogP contribution in [-0.2, 0) is 0 Å². The van der Waals surface area contributed by atoms with Gasteiger partial charge in [-0.15, -0.1) is 0 Å². The van der Waals surface area contributed by atoms with Gasteiger partial charge in [-0.2, -0.15) is 0 Å². The number of rotatable bonds is 7. The van der Waals surface area contributed by atoms with Gasteiger partial charge in [0.2, 0.25) is 0 Å². The lowest BCUT2D eigenvalue weighted by molar-refractivity contribution is 0.227. The third kappa shape index (κ3) is 5.09. The van der Waals surface area contributed by atoms with Gasteiger partial charge in [-0.05, 0) is 37.5 Å². The first-order valence-corrected chi connectivity index (χ1v) is 6.92. The van der Waals surface area contributed by atoms with E-state index in [4.69, 9.17) is 9.84 Å². The number of aliphatic hydroxyl groups is 1. The van der Waals surface area contributed by atoms with E-state index >= 15 is 0 Å². The Morgan fingerprint density at radius 3 is 2.45 bits per heavy atom. The highest BCUT2D eigenvalue weighted by Crippen LogP contribution is 2.19. The first-order chi connectivity index (χ1) is 9.60. The molecule has 2 amide bonds. The van der Waals surface area contributed by atoms with Crippen LogP contribution in [0.3, 0.4) is 0 Å². The van der Waals surface area contributed by atoms with Gasteiger partial charge in [0, 0.05) is 12.6 Å². The number of carbonyl (C=O) groups excluding carboxylic acids is 1. The second kappa shape index (κ2) is 8.43. The predicted molar refractivity (Wildman–Crippen MR) is 78.9 cm³/mol. The number of amides is 2. The van der Waals surface area contributed by atoms with Crippen molar-refractivity contribution in [3.8, 4) is 5.75 Å². The van der Waals surface area contributed by atoms with Crippen LogP contribution in [0, 0.1) is 0 Å². The van der Waals surface area contributed by atoms with Crippen molar-refractivity contribution in [2.24, 2.45) is 0 Å². The summed E-state index contributed by atoms with van der Waals surface area (Å²) >= 11 is 0. The van der Waals surface area contributed by atoms with Crippen molar-refractivity contribution in [1.82, 2.24) is 10.6 Å². The Hall–Kier alpha value is -1.75. The summed E-state index contributed by atoms with van der Waals surface area (Å²) in [6, 6.07) is 7.36. The molecule has 0 saturated heterocycles. The zero-order valence-electron chi connectivity index (χ0n) is 12.3. The van der Waals surface area contributed by atoms with Crippen LogP contribution in [0.4, 0.5) is 4.79 Å². The van der Waals surface area contributed by atoms with Gasteiger partial charge in [0.1, 0.15) is 5.75 Å². The van der Waals surface area contributed by atoms with Crippen LogP contribution >= 0.6 is 0 Å². The topological polar surface area (TPSA) is 70.6 Å². The Morgan fingerprint density at radius 2 is 1.95 bits per heavy atom. The molecule has 0 bridgehead atoms. The van der Waals surface area contributed by atoms with E-state index in [9.17, 15) is 4.79 Å². The fourth-order valence-corrected chi connectivity index (χ4v) is 1.95. The molecule has 0 aliphatic rings. The molecule has 0 radical (unpaired) electrons. The molecule has 3 N–H and O–H groups in total. The van der Waals surface area contributed by atoms with Gasteiger partial charge < -0.3 is 20.5 Å². The third-order valence-corrected chi connectivity index (χ3v) is 3.17. The van der Waals surface area contributed by atoms with E-state index in [2.05, 4.69) is 10.6 Å². The molecule has 0 heterocycles. The van der Waals surface area contributed by atoms with Crippen LogP contribution in [0.25, 0.3) is 0 Å². The Bertz CT molecular complexity index is 406. The molecule has 2 atom stereocenters. The minimum absolute atomic E-state index is 0.0396. The second-order valence-corrected chi connectivity index (χ2v) is 4.77. The molecule has 20 heavy (non-hydrogen) atoms. The number of hydrogen-bond acceptors (Lipinski definition) is 3. The lowest BCUT2D eigenvalue weighted by atomic mass is 10.0. The van der Waals surface area contributed by atoms with E-state index in [0.717, 1.165) is 17.7 Å². The van der Waals surface area contributed by atoms with Gasteiger partial charge in [-0.3, -0.25) is 0 Å². The van der Waals surface area contributed by atoms with E-state index in [0.29, 0.717) is 6.42 Å². The number of benzene rings is 1. The SMILES string of the molecule is CCC(NC(=O)N[C@H](C)CCO)c1ccc(OC)cc1. The molecule has 0 saturated carbocycles. The molecular weight excluding hydrogens is 256 g/mol. The number of ether oxygens (including phenoxy) is 1. The van der Waals surface area contributed by atoms with E-state index in [1.54, 1.807) is 7.11 Å². The number of carbonyl (C=O) groups is 1. The molecule has 5 nitrogen and oxygen atoms in total. The van der Waals surface area contributed by atoms with E-state index < -0.39 is 0 Å². The molecule has 112 valence electrons. The van der Waals surface area contributed by atoms with Crippen molar-refractivity contribution in [2.45, 2.75) is 38.8 Å². The van der Waals surface area contributed by atoms with Crippen LogP contribution in [-0.4, -0.2) is 30.9 Å². The molecule has 0 aromatic heterocycles. The van der Waals surface area contributed by atoms with Gasteiger partial charge in [0.05, 0.1) is 13.2 Å². The lowest BCUT2D eigenvalue weighted by Gasteiger charge is -2.20. The molecule has 1 aromatic carbocycles. The summed E-state index contributed by atoms with van der Waals surface area (Å²) in [5.74, 6) is 0.796. The van der Waals surface area contributed by atoms with Crippen LogP contribution in [0.2, 0.25) is 0 Å². The largest absolute Gasteiger partial charge is 0.497 e. The maximum absolute atomic E-state index is 11.9. The number of aliphatic hydroxyl groups excluding tert-OH is 1. The van der Waals surface area contributed by atoms with E-state index in [1.807, 2.05) is 38.1 Å². The van der Waals surface area contributed by atoms with Gasteiger partial charge in [-0.1, -0.05) is 19.1 Å². The normalized spacial score (nSPS) is 13.4. The Balaban J connectivity index is 2.59. The average Bonchev–Trinajstić information content (AvgIpc) is 2.45. The summed E-state index contributed by atoms with van der Waals surface area (Å²) in [6.45, 7) is 3.95. The first kappa shape index (κ1) is 16.3. The van der Waals surface area contributed by atoms with Gasteiger partial charge in [0.25, 0.3) is 0 Å². The smallest absolute Gasteiger partial charge is 0.315 e. The second-order valence-electron chi connectivity index (χ2n) is 4.77. The predicted octanol–water partition coefficient (Wildman–Crippen LogP) is 2.22. The molecule has 1 rings (SSSR count). The molecular formula is C15H24N2O3. The van der Waals surface area contributed by atoms with E-state index in [1.165, 1.54) is 0 Å². The summed E-state index contributed by atoms with van der Waals surface area (Å²) < 4.78 is 5.12. The summed E-state index contributed by atoms with van der Waals surface area (Å²) in [5.41, 5.74) is 1.04. The van der Waals surface area contributed by atoms with Crippen molar-refractivity contribution >= 4 is 6.03 Å². The number of urea groups is 1. The van der Waals surface area contributed by atoms with Crippen LogP contribution in [0.15, 0.2) is 24.3 Å². The monoisotopic (exact) mass is 280 g/mol. The average molecular weight is 280 g/mol. The summed E-state index contributed by atoms with van der Waals surface area (Å²) in [4.78, 5) is 11.9. The number of nitrogens with one attached hydrogen (secondary N) is 2. The molecule has 5 heteroatoms. The molecule has 0 aliphatic carbocycles. The minimum Gasteiger partial charge on any atom is -0.497 e. The van der Waals surface area contributed by atoms with Gasteiger partial charge in [-0.25, -0.2) is 4.79 Å². The fraction of sp³-hybridized carbons (Fsp3) is 0.533. The van der Waals surface area contributed by atoms with Crippen LogP contribution in [0.1, 0.15) is 38.3 Å². The Morgan fingerprint density at radius 1 is 1.30 bits per heavy atom. The van der Waals surface area contributed by atoms with Crippen molar-refractivity contribution in [1.29, 1.82) is 0 Å². The van der Waals surface area contributed by atoms with Gasteiger partial charge in [0.15, 0.2) is 0 Å². The van der Waals surface area contributed by atoms with Crippen LogP contribution < -0.4 is 15.4 Å². The maximum Gasteiger partial charge on any atom is 0.315 e. The first-order valence-electron chi connectivity index (χ1n) is 6.92. The number of hydrogen-bond donors (Lipinski definition) is 3. The highest BCUT2D eigenvalue weighted by molar-refractivity contribution is 5.74. The fourth-order valence-electron chi connectivity index (χ4n) is 1.95. The summed E-state index contributed by atoms with van der Waals surface area (Å²) in [7, 11) is 1.63.